The molecule has 0 saturated carbocycles. The molecule has 7 nitrogen and oxygen atoms in total. The second kappa shape index (κ2) is 7.38. The smallest absolute Gasteiger partial charge is 0.259 e. The van der Waals surface area contributed by atoms with Gasteiger partial charge in [0.15, 0.2) is 11.5 Å². The molecule has 0 bridgehead atoms. The molecule has 3 aromatic rings. The molecule has 0 spiro atoms. The van der Waals surface area contributed by atoms with Gasteiger partial charge in [-0.25, -0.2) is 0 Å². The van der Waals surface area contributed by atoms with E-state index in [0.29, 0.717) is 41.5 Å². The summed E-state index contributed by atoms with van der Waals surface area (Å²) in [5, 5.41) is 18.0. The van der Waals surface area contributed by atoms with Crippen molar-refractivity contribution in [3.8, 4) is 28.7 Å². The molecule has 0 saturated heterocycles. The van der Waals surface area contributed by atoms with E-state index in [4.69, 9.17) is 19.3 Å². The summed E-state index contributed by atoms with van der Waals surface area (Å²) < 4.78 is 16.9. The molecule has 0 aliphatic rings. The van der Waals surface area contributed by atoms with Gasteiger partial charge < -0.3 is 18.9 Å². The average molecular weight is 365 g/mol. The van der Waals surface area contributed by atoms with Gasteiger partial charge in [0.05, 0.1) is 18.6 Å². The summed E-state index contributed by atoms with van der Waals surface area (Å²) in [5.41, 5.74) is 0.891. The number of ether oxygens (including phenoxy) is 2. The maximum absolute atomic E-state index is 12.7. The average Bonchev–Trinajstić information content (AvgIpc) is 2.62. The second-order valence-corrected chi connectivity index (χ2v) is 5.81. The molecular weight excluding hydrogens is 346 g/mol. The van der Waals surface area contributed by atoms with Crippen molar-refractivity contribution in [3.63, 3.8) is 0 Å². The molecule has 138 valence electrons. The van der Waals surface area contributed by atoms with Crippen LogP contribution in [0.25, 0.3) is 22.1 Å². The van der Waals surface area contributed by atoms with E-state index in [2.05, 4.69) is 4.98 Å². The Hall–Kier alpha value is -3.53. The molecule has 7 heteroatoms. The van der Waals surface area contributed by atoms with E-state index in [0.717, 1.165) is 0 Å². The van der Waals surface area contributed by atoms with E-state index in [1.165, 1.54) is 0 Å². The number of H-pyrrole nitrogens is 1. The van der Waals surface area contributed by atoms with Gasteiger partial charge in [-0.15, -0.1) is 0 Å². The van der Waals surface area contributed by atoms with Crippen LogP contribution in [0.2, 0.25) is 0 Å². The molecule has 27 heavy (non-hydrogen) atoms. The molecule has 0 amide bonds. The lowest BCUT2D eigenvalue weighted by Crippen LogP contribution is -2.15. The fourth-order valence-electron chi connectivity index (χ4n) is 3.03. The minimum Gasteiger partial charge on any atom is -0.490 e. The predicted octanol–water partition coefficient (Wildman–Crippen LogP) is 3.25. The Morgan fingerprint density at radius 1 is 1.26 bits per heavy atom. The first-order valence-corrected chi connectivity index (χ1v) is 8.56. The number of nitrogens with zero attached hydrogens (tertiary/aromatic N) is 1. The number of nitriles is 1. The molecule has 0 fully saturated rings. The van der Waals surface area contributed by atoms with Crippen LogP contribution in [0.15, 0.2) is 33.5 Å². The summed E-state index contributed by atoms with van der Waals surface area (Å²) in [6.07, 6.45) is 0. The Morgan fingerprint density at radius 3 is 2.67 bits per heavy atom. The van der Waals surface area contributed by atoms with Gasteiger partial charge in [0.1, 0.15) is 17.2 Å². The zero-order valence-corrected chi connectivity index (χ0v) is 15.3. The van der Waals surface area contributed by atoms with Crippen LogP contribution >= 0.6 is 0 Å². The molecule has 0 radical (unpaired) electrons. The minimum absolute atomic E-state index is 0.0357. The lowest BCUT2D eigenvalue weighted by molar-refractivity contribution is 0.289. The van der Waals surface area contributed by atoms with E-state index < -0.39 is 5.56 Å². The standard InChI is InChI=1S/C20H19N3O4/c1-4-25-14-8-6-7-12(18(14)26-5-2)16-13(10-21)19(22)27-15-9-11(3)23-20(24)17(15)16/h6-9,22H,4-5H2,1-3H3,(H,23,24). The maximum atomic E-state index is 12.7. The Bertz CT molecular complexity index is 1170. The number of hydrogen-bond donors (Lipinski definition) is 2. The minimum atomic E-state index is -0.399. The van der Waals surface area contributed by atoms with Crippen molar-refractivity contribution in [1.82, 2.24) is 4.98 Å². The van der Waals surface area contributed by atoms with Crippen LogP contribution in [0.1, 0.15) is 25.1 Å². The summed E-state index contributed by atoms with van der Waals surface area (Å²) >= 11 is 0. The number of pyridine rings is 1. The molecule has 1 aromatic carbocycles. The number of aromatic amines is 1. The van der Waals surface area contributed by atoms with Gasteiger partial charge in [-0.05, 0) is 26.8 Å². The van der Waals surface area contributed by atoms with Crippen molar-refractivity contribution in [2.45, 2.75) is 20.8 Å². The Morgan fingerprint density at radius 2 is 2.00 bits per heavy atom. The van der Waals surface area contributed by atoms with Crippen LogP contribution in [0.3, 0.4) is 0 Å². The summed E-state index contributed by atoms with van der Waals surface area (Å²) in [5.74, 6) is 0.926. The highest BCUT2D eigenvalue weighted by Gasteiger charge is 2.22. The first-order valence-electron chi connectivity index (χ1n) is 8.56. The number of nitrogens with one attached hydrogen (secondary N) is 2. The first kappa shape index (κ1) is 18.3. The molecule has 0 unspecified atom stereocenters. The molecule has 0 atom stereocenters. The Balaban J connectivity index is 2.52. The van der Waals surface area contributed by atoms with Gasteiger partial charge in [-0.2, -0.15) is 5.26 Å². The lowest BCUT2D eigenvalue weighted by atomic mass is 9.97. The predicted molar refractivity (Wildman–Crippen MR) is 99.9 cm³/mol. The third kappa shape index (κ3) is 3.17. The summed E-state index contributed by atoms with van der Waals surface area (Å²) in [6, 6.07) is 8.87. The van der Waals surface area contributed by atoms with E-state index in [1.807, 2.05) is 19.9 Å². The fourth-order valence-corrected chi connectivity index (χ4v) is 3.03. The van der Waals surface area contributed by atoms with Crippen molar-refractivity contribution in [2.24, 2.45) is 0 Å². The highest BCUT2D eigenvalue weighted by atomic mass is 16.5. The third-order valence-corrected chi connectivity index (χ3v) is 4.02. The van der Waals surface area contributed by atoms with Crippen LogP contribution in [-0.2, 0) is 0 Å². The van der Waals surface area contributed by atoms with E-state index in [9.17, 15) is 10.1 Å². The molecule has 3 rings (SSSR count). The number of benzene rings is 1. The summed E-state index contributed by atoms with van der Waals surface area (Å²) in [6.45, 7) is 6.22. The molecular formula is C20H19N3O4. The van der Waals surface area contributed by atoms with Gasteiger partial charge in [-0.1, -0.05) is 12.1 Å². The zero-order chi connectivity index (χ0) is 19.6. The fraction of sp³-hybridized carbons (Fsp3) is 0.250. The number of fused-ring (bicyclic) bond motifs is 1. The number of aryl methyl sites for hydroxylation is 1. The molecule has 2 aromatic heterocycles. The largest absolute Gasteiger partial charge is 0.490 e. The van der Waals surface area contributed by atoms with Gasteiger partial charge in [0.25, 0.3) is 5.56 Å². The molecule has 0 aliphatic carbocycles. The third-order valence-electron chi connectivity index (χ3n) is 4.02. The highest BCUT2D eigenvalue weighted by Crippen LogP contribution is 2.41. The molecule has 2 heterocycles. The molecule has 2 N–H and O–H groups in total. The number of para-hydroxylation sites is 1. The van der Waals surface area contributed by atoms with Crippen molar-refractivity contribution < 1.29 is 13.9 Å². The van der Waals surface area contributed by atoms with Crippen LogP contribution in [0.5, 0.6) is 11.5 Å². The lowest BCUT2D eigenvalue weighted by Gasteiger charge is -2.17. The van der Waals surface area contributed by atoms with Gasteiger partial charge in [0.2, 0.25) is 5.55 Å². The van der Waals surface area contributed by atoms with Crippen molar-refractivity contribution >= 4 is 11.0 Å². The SMILES string of the molecule is CCOc1cccc(-c2c(C#N)c(=N)oc3cc(C)[nH]c(=O)c23)c1OCC. The monoisotopic (exact) mass is 365 g/mol. The first-order chi connectivity index (χ1) is 13.0. The normalized spacial score (nSPS) is 10.6. The van der Waals surface area contributed by atoms with Crippen molar-refractivity contribution in [2.75, 3.05) is 13.2 Å². The highest BCUT2D eigenvalue weighted by molar-refractivity contribution is 5.97. The Kier molecular flexibility index (Phi) is 4.99. The van der Waals surface area contributed by atoms with E-state index in [1.54, 1.807) is 31.2 Å². The number of aromatic nitrogens is 1. The van der Waals surface area contributed by atoms with Crippen LogP contribution in [0, 0.1) is 23.7 Å². The van der Waals surface area contributed by atoms with Crippen molar-refractivity contribution in [3.05, 3.63) is 51.4 Å². The van der Waals surface area contributed by atoms with Crippen LogP contribution in [0.4, 0.5) is 0 Å². The van der Waals surface area contributed by atoms with Crippen LogP contribution in [-0.4, -0.2) is 18.2 Å². The van der Waals surface area contributed by atoms with E-state index >= 15 is 0 Å². The zero-order valence-electron chi connectivity index (χ0n) is 15.3. The van der Waals surface area contributed by atoms with Crippen molar-refractivity contribution in [1.29, 1.82) is 10.7 Å². The van der Waals surface area contributed by atoms with E-state index in [-0.39, 0.29) is 22.1 Å². The van der Waals surface area contributed by atoms with Gasteiger partial charge in [0, 0.05) is 22.9 Å². The summed E-state index contributed by atoms with van der Waals surface area (Å²) in [7, 11) is 0. The van der Waals surface area contributed by atoms with Crippen LogP contribution < -0.4 is 20.6 Å². The Labute approximate surface area is 155 Å². The maximum Gasteiger partial charge on any atom is 0.259 e. The number of hydrogen-bond acceptors (Lipinski definition) is 6. The van der Waals surface area contributed by atoms with Gasteiger partial charge >= 0.3 is 0 Å². The number of rotatable bonds is 5. The summed E-state index contributed by atoms with van der Waals surface area (Å²) in [4.78, 5) is 15.4. The second-order valence-electron chi connectivity index (χ2n) is 5.81. The molecule has 0 aliphatic heterocycles. The van der Waals surface area contributed by atoms with Gasteiger partial charge in [-0.3, -0.25) is 10.2 Å². The quantitative estimate of drug-likeness (QED) is 0.721. The topological polar surface area (TPSA) is 112 Å².